The number of benzene rings is 2. The number of halogens is 3. The summed E-state index contributed by atoms with van der Waals surface area (Å²) in [6, 6.07) is 10.5. The number of quaternary nitrogens is 1. The van der Waals surface area contributed by atoms with Crippen LogP contribution in [0, 0.1) is 6.92 Å². The predicted molar refractivity (Wildman–Crippen MR) is 102 cm³/mol. The van der Waals surface area contributed by atoms with Gasteiger partial charge in [0, 0.05) is 17.8 Å². The first-order valence-corrected chi connectivity index (χ1v) is 9.43. The van der Waals surface area contributed by atoms with Crippen LogP contribution in [0.1, 0.15) is 29.0 Å². The molecule has 0 saturated carbocycles. The molecule has 0 aromatic heterocycles. The van der Waals surface area contributed by atoms with Crippen molar-refractivity contribution in [2.45, 2.75) is 31.5 Å². The topological polar surface area (TPSA) is 36.8 Å². The van der Waals surface area contributed by atoms with Crippen molar-refractivity contribution in [2.24, 2.45) is 0 Å². The normalized spacial score (nSPS) is 23.9. The zero-order valence-electron chi connectivity index (χ0n) is 15.8. The number of piperidine rings is 1. The molecule has 2 aliphatic heterocycles. The van der Waals surface area contributed by atoms with Crippen LogP contribution in [0.25, 0.3) is 0 Å². The fraction of sp³-hybridized carbons (Fsp3) is 0.381. The second kappa shape index (κ2) is 6.81. The maximum Gasteiger partial charge on any atom is 0.416 e. The Hall–Kier alpha value is -2.54. The first-order valence-electron chi connectivity index (χ1n) is 9.43. The molecular weight excluding hydrogens is 367 g/mol. The van der Waals surface area contributed by atoms with Gasteiger partial charge in [0.25, 0.3) is 0 Å². The summed E-state index contributed by atoms with van der Waals surface area (Å²) in [5.74, 6) is 0.246. The molecular formula is C21H23F3N3O+. The number of fused-ring (bicyclic) bond motifs is 3. The number of nitrogens with one attached hydrogen (secondary N) is 2. The molecule has 1 fully saturated rings. The Labute approximate surface area is 161 Å². The van der Waals surface area contributed by atoms with Crippen LogP contribution in [0.4, 0.5) is 29.3 Å². The minimum Gasteiger partial charge on any atom is -0.337 e. The molecule has 28 heavy (non-hydrogen) atoms. The summed E-state index contributed by atoms with van der Waals surface area (Å²) in [6.07, 6.45) is -3.58. The van der Waals surface area contributed by atoms with Crippen LogP contribution in [-0.2, 0) is 6.18 Å². The smallest absolute Gasteiger partial charge is 0.337 e. The lowest BCUT2D eigenvalue weighted by atomic mass is 9.89. The number of carbonyl (C=O) groups is 1. The molecule has 2 aromatic rings. The second-order valence-corrected chi connectivity index (χ2v) is 7.81. The van der Waals surface area contributed by atoms with Crippen molar-refractivity contribution < 1.29 is 22.9 Å². The SMILES string of the molecule is Cc1ccc2c(c1)[C@H]1C[NH+](C)CC[C@@H]1N2C(=O)Nc1cccc(C(F)(F)F)c1. The van der Waals surface area contributed by atoms with Crippen molar-refractivity contribution in [3.8, 4) is 0 Å². The third-order valence-electron chi connectivity index (χ3n) is 5.73. The van der Waals surface area contributed by atoms with E-state index in [0.717, 1.165) is 48.5 Å². The van der Waals surface area contributed by atoms with Gasteiger partial charge in [0.15, 0.2) is 0 Å². The number of carbonyl (C=O) groups excluding carboxylic acids is 1. The van der Waals surface area contributed by atoms with Gasteiger partial charge < -0.3 is 10.2 Å². The van der Waals surface area contributed by atoms with E-state index in [1.54, 1.807) is 4.90 Å². The third-order valence-corrected chi connectivity index (χ3v) is 5.73. The molecule has 4 nitrogen and oxygen atoms in total. The van der Waals surface area contributed by atoms with Gasteiger partial charge in [-0.2, -0.15) is 13.2 Å². The minimum atomic E-state index is -4.44. The average Bonchev–Trinajstić information content (AvgIpc) is 2.94. The number of nitrogens with zero attached hydrogens (tertiary/aromatic N) is 1. The van der Waals surface area contributed by atoms with Gasteiger partial charge >= 0.3 is 12.2 Å². The Kier molecular flexibility index (Phi) is 4.57. The van der Waals surface area contributed by atoms with Crippen molar-refractivity contribution in [1.29, 1.82) is 0 Å². The summed E-state index contributed by atoms with van der Waals surface area (Å²) >= 11 is 0. The summed E-state index contributed by atoms with van der Waals surface area (Å²) in [4.78, 5) is 16.3. The summed E-state index contributed by atoms with van der Waals surface area (Å²) in [6.45, 7) is 3.93. The first kappa shape index (κ1) is 18.8. The monoisotopic (exact) mass is 390 g/mol. The fourth-order valence-corrected chi connectivity index (χ4v) is 4.42. The summed E-state index contributed by atoms with van der Waals surface area (Å²) < 4.78 is 38.9. The molecule has 1 saturated heterocycles. The van der Waals surface area contributed by atoms with Gasteiger partial charge in [-0.05, 0) is 36.8 Å². The van der Waals surface area contributed by atoms with E-state index in [2.05, 4.69) is 18.4 Å². The van der Waals surface area contributed by atoms with E-state index in [-0.39, 0.29) is 23.7 Å². The predicted octanol–water partition coefficient (Wildman–Crippen LogP) is 3.44. The number of aryl methyl sites for hydroxylation is 1. The zero-order chi connectivity index (χ0) is 20.1. The summed E-state index contributed by atoms with van der Waals surface area (Å²) in [5, 5.41) is 2.68. The van der Waals surface area contributed by atoms with E-state index in [9.17, 15) is 18.0 Å². The van der Waals surface area contributed by atoms with Gasteiger partial charge in [-0.3, -0.25) is 4.90 Å². The molecule has 2 aromatic carbocycles. The van der Waals surface area contributed by atoms with Gasteiger partial charge in [0.1, 0.15) is 0 Å². The van der Waals surface area contributed by atoms with Crippen molar-refractivity contribution >= 4 is 17.4 Å². The van der Waals surface area contributed by atoms with E-state index < -0.39 is 11.7 Å². The Morgan fingerprint density at radius 1 is 1.21 bits per heavy atom. The van der Waals surface area contributed by atoms with Crippen molar-refractivity contribution in [1.82, 2.24) is 0 Å². The van der Waals surface area contributed by atoms with Crippen LogP contribution in [0.3, 0.4) is 0 Å². The molecule has 2 aliphatic rings. The quantitative estimate of drug-likeness (QED) is 0.769. The van der Waals surface area contributed by atoms with Gasteiger partial charge in [-0.15, -0.1) is 0 Å². The van der Waals surface area contributed by atoms with Crippen molar-refractivity contribution in [3.05, 3.63) is 59.2 Å². The third kappa shape index (κ3) is 3.35. The van der Waals surface area contributed by atoms with E-state index in [0.29, 0.717) is 0 Å². The standard InChI is InChI=1S/C21H22F3N3O/c1-13-6-7-18-16(10-13)17-12-26(2)9-8-19(17)27(18)20(28)25-15-5-3-4-14(11-15)21(22,23)24/h3-7,10-11,17,19H,8-9,12H2,1-2H3,(H,25,28)/p+1/t17-,19+/m1/s1. The van der Waals surface area contributed by atoms with E-state index in [4.69, 9.17) is 0 Å². The number of amides is 2. The molecule has 3 atom stereocenters. The maximum absolute atomic E-state index is 13.1. The van der Waals surface area contributed by atoms with Crippen LogP contribution >= 0.6 is 0 Å². The molecule has 0 bridgehead atoms. The van der Waals surface area contributed by atoms with E-state index in [1.165, 1.54) is 17.0 Å². The highest BCUT2D eigenvalue weighted by Gasteiger charge is 2.45. The fourth-order valence-electron chi connectivity index (χ4n) is 4.42. The lowest BCUT2D eigenvalue weighted by Gasteiger charge is -2.34. The summed E-state index contributed by atoms with van der Waals surface area (Å²) in [7, 11) is 2.15. The van der Waals surface area contributed by atoms with E-state index in [1.807, 2.05) is 19.1 Å². The molecule has 0 spiro atoms. The van der Waals surface area contributed by atoms with Gasteiger partial charge in [-0.1, -0.05) is 23.8 Å². The number of alkyl halides is 3. The van der Waals surface area contributed by atoms with E-state index >= 15 is 0 Å². The average molecular weight is 390 g/mol. The molecule has 2 amide bonds. The van der Waals surface area contributed by atoms with Crippen molar-refractivity contribution in [2.75, 3.05) is 30.4 Å². The van der Waals surface area contributed by atoms with Crippen LogP contribution in [0.2, 0.25) is 0 Å². The molecule has 2 heterocycles. The van der Waals surface area contributed by atoms with Crippen LogP contribution < -0.4 is 15.1 Å². The number of anilines is 2. The number of likely N-dealkylation sites (N-methyl/N-ethyl adjacent to an activating group) is 1. The Morgan fingerprint density at radius 3 is 2.75 bits per heavy atom. The van der Waals surface area contributed by atoms with Gasteiger partial charge in [0.05, 0.1) is 37.7 Å². The number of urea groups is 1. The second-order valence-electron chi connectivity index (χ2n) is 7.81. The van der Waals surface area contributed by atoms with Crippen LogP contribution in [-0.4, -0.2) is 32.2 Å². The molecule has 1 unspecified atom stereocenters. The lowest BCUT2D eigenvalue weighted by molar-refractivity contribution is -0.886. The molecule has 7 heteroatoms. The number of hydrogen-bond acceptors (Lipinski definition) is 1. The Bertz CT molecular complexity index is 912. The van der Waals surface area contributed by atoms with Crippen molar-refractivity contribution in [3.63, 3.8) is 0 Å². The van der Waals surface area contributed by atoms with Crippen LogP contribution in [0.5, 0.6) is 0 Å². The molecule has 0 radical (unpaired) electrons. The number of likely N-dealkylation sites (tertiary alicyclic amines) is 1. The first-order chi connectivity index (χ1) is 13.2. The molecule has 148 valence electrons. The highest BCUT2D eigenvalue weighted by molar-refractivity contribution is 6.04. The van der Waals surface area contributed by atoms with Crippen LogP contribution in [0.15, 0.2) is 42.5 Å². The Balaban J connectivity index is 1.64. The summed E-state index contributed by atoms with van der Waals surface area (Å²) in [5.41, 5.74) is 2.53. The number of hydrogen-bond donors (Lipinski definition) is 2. The molecule has 0 aliphatic carbocycles. The van der Waals surface area contributed by atoms with Gasteiger partial charge in [-0.25, -0.2) is 4.79 Å². The molecule has 4 rings (SSSR count). The maximum atomic E-state index is 13.1. The lowest BCUT2D eigenvalue weighted by Crippen LogP contribution is -3.11. The largest absolute Gasteiger partial charge is 0.416 e. The zero-order valence-corrected chi connectivity index (χ0v) is 15.8. The highest BCUT2D eigenvalue weighted by atomic mass is 19.4. The van der Waals surface area contributed by atoms with Gasteiger partial charge in [0.2, 0.25) is 0 Å². The minimum absolute atomic E-state index is 0.0336. The highest BCUT2D eigenvalue weighted by Crippen LogP contribution is 2.43. The number of rotatable bonds is 1. The molecule has 2 N–H and O–H groups in total. The Morgan fingerprint density at radius 2 is 2.00 bits per heavy atom.